The predicted octanol–water partition coefficient (Wildman–Crippen LogP) is 1.82. The molecule has 0 aliphatic carbocycles. The number of aryl methyl sites for hydroxylation is 1. The van der Waals surface area contributed by atoms with Gasteiger partial charge in [-0.3, -0.25) is 9.80 Å². The van der Waals surface area contributed by atoms with E-state index < -0.39 is 0 Å². The highest BCUT2D eigenvalue weighted by molar-refractivity contribution is 4.94. The van der Waals surface area contributed by atoms with Crippen LogP contribution in [-0.4, -0.2) is 51.1 Å². The zero-order valence-corrected chi connectivity index (χ0v) is 12.1. The second-order valence-corrected chi connectivity index (χ2v) is 5.54. The van der Waals surface area contributed by atoms with Gasteiger partial charge in [-0.25, -0.2) is 4.98 Å². The number of hydrogen-bond donors (Lipinski definition) is 0. The smallest absolute Gasteiger partial charge is 0.122 e. The molecule has 0 radical (unpaired) electrons. The Labute approximate surface area is 111 Å². The van der Waals surface area contributed by atoms with Gasteiger partial charge in [-0.1, -0.05) is 0 Å². The lowest BCUT2D eigenvalue weighted by atomic mass is 10.1. The number of piperazine rings is 1. The number of imidazole rings is 1. The summed E-state index contributed by atoms with van der Waals surface area (Å²) in [5, 5.41) is 0. The standard InChI is InChI=1S/C14H26N4/c1-5-16-7-6-15-14(16)11-18-9-8-17(12(2)3)10-13(18)4/h6-7,12-13H,5,8-11H2,1-4H3/t13-/m0/s1. The van der Waals surface area contributed by atoms with Crippen molar-refractivity contribution in [3.8, 4) is 0 Å². The van der Waals surface area contributed by atoms with E-state index in [0.29, 0.717) is 12.1 Å². The summed E-state index contributed by atoms with van der Waals surface area (Å²) in [5.41, 5.74) is 0. The van der Waals surface area contributed by atoms with Crippen molar-refractivity contribution < 1.29 is 0 Å². The Hall–Kier alpha value is -0.870. The number of aromatic nitrogens is 2. The lowest BCUT2D eigenvalue weighted by molar-refractivity contribution is 0.0573. The Balaban J connectivity index is 1.95. The first kappa shape index (κ1) is 13.6. The van der Waals surface area contributed by atoms with Crippen LogP contribution >= 0.6 is 0 Å². The molecule has 1 aromatic heterocycles. The first-order valence-corrected chi connectivity index (χ1v) is 7.10. The summed E-state index contributed by atoms with van der Waals surface area (Å²) in [7, 11) is 0. The van der Waals surface area contributed by atoms with Crippen LogP contribution in [0.4, 0.5) is 0 Å². The van der Waals surface area contributed by atoms with Crippen molar-refractivity contribution in [1.82, 2.24) is 19.4 Å². The first-order valence-electron chi connectivity index (χ1n) is 7.10. The predicted molar refractivity (Wildman–Crippen MR) is 74.5 cm³/mol. The third-order valence-electron chi connectivity index (χ3n) is 4.01. The van der Waals surface area contributed by atoms with E-state index in [-0.39, 0.29) is 0 Å². The summed E-state index contributed by atoms with van der Waals surface area (Å²) < 4.78 is 2.24. The van der Waals surface area contributed by atoms with Gasteiger partial charge in [0.1, 0.15) is 5.82 Å². The summed E-state index contributed by atoms with van der Waals surface area (Å²) >= 11 is 0. The highest BCUT2D eigenvalue weighted by Crippen LogP contribution is 2.14. The molecule has 0 bridgehead atoms. The minimum atomic E-state index is 0.614. The van der Waals surface area contributed by atoms with Gasteiger partial charge in [0.05, 0.1) is 6.54 Å². The molecule has 0 spiro atoms. The molecule has 1 aromatic rings. The number of rotatable bonds is 4. The minimum absolute atomic E-state index is 0.614. The normalized spacial score (nSPS) is 22.8. The van der Waals surface area contributed by atoms with Crippen LogP contribution in [0.25, 0.3) is 0 Å². The molecule has 0 amide bonds. The summed E-state index contributed by atoms with van der Waals surface area (Å²) in [6.07, 6.45) is 3.98. The van der Waals surface area contributed by atoms with E-state index in [0.717, 1.165) is 19.6 Å². The van der Waals surface area contributed by atoms with Crippen molar-refractivity contribution in [2.24, 2.45) is 0 Å². The second-order valence-electron chi connectivity index (χ2n) is 5.54. The van der Waals surface area contributed by atoms with E-state index in [1.165, 1.54) is 18.9 Å². The van der Waals surface area contributed by atoms with Gasteiger partial charge in [-0.05, 0) is 27.7 Å². The van der Waals surface area contributed by atoms with Gasteiger partial charge in [0.25, 0.3) is 0 Å². The molecule has 0 saturated carbocycles. The molecular formula is C14H26N4. The van der Waals surface area contributed by atoms with Crippen LogP contribution in [0, 0.1) is 0 Å². The number of hydrogen-bond acceptors (Lipinski definition) is 3. The zero-order valence-electron chi connectivity index (χ0n) is 12.1. The summed E-state index contributed by atoms with van der Waals surface area (Å²) in [5.74, 6) is 1.20. The van der Waals surface area contributed by atoms with Gasteiger partial charge in [0, 0.05) is 50.7 Å². The monoisotopic (exact) mass is 250 g/mol. The molecular weight excluding hydrogens is 224 g/mol. The second kappa shape index (κ2) is 5.85. The van der Waals surface area contributed by atoms with Crippen molar-refractivity contribution in [1.29, 1.82) is 0 Å². The highest BCUT2D eigenvalue weighted by Gasteiger charge is 2.25. The molecule has 2 heterocycles. The molecule has 0 unspecified atom stereocenters. The largest absolute Gasteiger partial charge is 0.334 e. The van der Waals surface area contributed by atoms with Crippen LogP contribution in [0.15, 0.2) is 12.4 Å². The molecule has 0 N–H and O–H groups in total. The average molecular weight is 250 g/mol. The van der Waals surface area contributed by atoms with E-state index in [1.54, 1.807) is 0 Å². The molecule has 102 valence electrons. The molecule has 1 aliphatic heterocycles. The first-order chi connectivity index (χ1) is 8.61. The Kier molecular flexibility index (Phi) is 4.40. The fraction of sp³-hybridized carbons (Fsp3) is 0.786. The quantitative estimate of drug-likeness (QED) is 0.814. The Morgan fingerprint density at radius 3 is 2.78 bits per heavy atom. The van der Waals surface area contributed by atoms with Gasteiger partial charge in [-0.15, -0.1) is 0 Å². The van der Waals surface area contributed by atoms with Gasteiger partial charge in [0.15, 0.2) is 0 Å². The molecule has 18 heavy (non-hydrogen) atoms. The van der Waals surface area contributed by atoms with E-state index in [2.05, 4.69) is 53.2 Å². The molecule has 4 nitrogen and oxygen atoms in total. The van der Waals surface area contributed by atoms with Crippen LogP contribution in [-0.2, 0) is 13.1 Å². The lowest BCUT2D eigenvalue weighted by Crippen LogP contribution is -2.53. The van der Waals surface area contributed by atoms with Gasteiger partial charge in [-0.2, -0.15) is 0 Å². The molecule has 1 saturated heterocycles. The van der Waals surface area contributed by atoms with E-state index in [1.807, 2.05) is 6.20 Å². The molecule has 4 heteroatoms. The van der Waals surface area contributed by atoms with Crippen molar-refractivity contribution in [2.45, 2.75) is 52.9 Å². The lowest BCUT2D eigenvalue weighted by Gasteiger charge is -2.41. The minimum Gasteiger partial charge on any atom is -0.334 e. The average Bonchev–Trinajstić information content (AvgIpc) is 2.78. The van der Waals surface area contributed by atoms with Gasteiger partial charge >= 0.3 is 0 Å². The van der Waals surface area contributed by atoms with Gasteiger partial charge in [0.2, 0.25) is 0 Å². The van der Waals surface area contributed by atoms with E-state index >= 15 is 0 Å². The van der Waals surface area contributed by atoms with Crippen LogP contribution in [0.3, 0.4) is 0 Å². The zero-order chi connectivity index (χ0) is 13.1. The molecule has 1 atom stereocenters. The Morgan fingerprint density at radius 2 is 2.17 bits per heavy atom. The Morgan fingerprint density at radius 1 is 1.39 bits per heavy atom. The molecule has 1 fully saturated rings. The molecule has 0 aromatic carbocycles. The number of nitrogens with zero attached hydrogens (tertiary/aromatic N) is 4. The van der Waals surface area contributed by atoms with E-state index in [9.17, 15) is 0 Å². The fourth-order valence-electron chi connectivity index (χ4n) is 2.69. The maximum Gasteiger partial charge on any atom is 0.122 e. The molecule has 2 rings (SSSR count). The van der Waals surface area contributed by atoms with Crippen molar-refractivity contribution >= 4 is 0 Å². The molecule has 1 aliphatic rings. The third-order valence-corrected chi connectivity index (χ3v) is 4.01. The van der Waals surface area contributed by atoms with Crippen molar-refractivity contribution in [2.75, 3.05) is 19.6 Å². The van der Waals surface area contributed by atoms with Crippen molar-refractivity contribution in [3.63, 3.8) is 0 Å². The van der Waals surface area contributed by atoms with E-state index in [4.69, 9.17) is 0 Å². The third kappa shape index (κ3) is 2.93. The van der Waals surface area contributed by atoms with Crippen LogP contribution < -0.4 is 0 Å². The summed E-state index contributed by atoms with van der Waals surface area (Å²) in [6, 6.07) is 1.27. The maximum atomic E-state index is 4.48. The fourth-order valence-corrected chi connectivity index (χ4v) is 2.69. The highest BCUT2D eigenvalue weighted by atomic mass is 15.3. The maximum absolute atomic E-state index is 4.48. The Bertz CT molecular complexity index is 372. The van der Waals surface area contributed by atoms with Crippen LogP contribution in [0.2, 0.25) is 0 Å². The van der Waals surface area contributed by atoms with Crippen LogP contribution in [0.1, 0.15) is 33.5 Å². The summed E-state index contributed by atoms with van der Waals surface area (Å²) in [6.45, 7) is 14.6. The summed E-state index contributed by atoms with van der Waals surface area (Å²) in [4.78, 5) is 9.59. The SMILES string of the molecule is CCn1ccnc1CN1CCN(C(C)C)C[C@@H]1C. The topological polar surface area (TPSA) is 24.3 Å². The van der Waals surface area contributed by atoms with Gasteiger partial charge < -0.3 is 4.57 Å². The van der Waals surface area contributed by atoms with Crippen molar-refractivity contribution in [3.05, 3.63) is 18.2 Å². The van der Waals surface area contributed by atoms with Crippen LogP contribution in [0.5, 0.6) is 0 Å².